The molecule has 0 aliphatic carbocycles. The summed E-state index contributed by atoms with van der Waals surface area (Å²) < 4.78 is 16.1. The largest absolute Gasteiger partial charge is 0.331 e. The molecule has 1 aromatic carbocycles. The van der Waals surface area contributed by atoms with Crippen molar-refractivity contribution < 1.29 is 14.0 Å². The van der Waals surface area contributed by atoms with Gasteiger partial charge < -0.3 is 4.57 Å². The van der Waals surface area contributed by atoms with Crippen LogP contribution < -0.4 is 0 Å². The van der Waals surface area contributed by atoms with Crippen LogP contribution in [0.1, 0.15) is 11.4 Å². The number of rotatable bonds is 3. The highest BCUT2D eigenvalue weighted by molar-refractivity contribution is 6.19. The maximum absolute atomic E-state index is 14.5. The van der Waals surface area contributed by atoms with Gasteiger partial charge in [-0.2, -0.15) is 5.26 Å². The molecule has 9 heteroatoms. The first-order valence-electron chi connectivity index (χ1n) is 8.13. The number of imide groups is 1. The lowest BCUT2D eigenvalue weighted by Gasteiger charge is -2.32. The fraction of sp³-hybridized carbons (Fsp3) is 0.278. The van der Waals surface area contributed by atoms with Gasteiger partial charge >= 0.3 is 6.03 Å². The number of hydrogen-bond acceptors (Lipinski definition) is 5. The van der Waals surface area contributed by atoms with Gasteiger partial charge in [-0.15, -0.1) is 0 Å². The molecule has 1 saturated heterocycles. The molecular formula is C18H17FN6O2. The van der Waals surface area contributed by atoms with Crippen LogP contribution in [0.4, 0.5) is 9.18 Å². The molecule has 27 heavy (non-hydrogen) atoms. The molecule has 0 spiro atoms. The van der Waals surface area contributed by atoms with E-state index in [-0.39, 0.29) is 12.4 Å². The first-order valence-corrected chi connectivity index (χ1v) is 8.13. The molecule has 3 amide bonds. The van der Waals surface area contributed by atoms with Crippen molar-refractivity contribution in [3.8, 4) is 11.8 Å². The van der Waals surface area contributed by atoms with Gasteiger partial charge in [0.1, 0.15) is 17.5 Å². The van der Waals surface area contributed by atoms with Crippen LogP contribution in [0.2, 0.25) is 0 Å². The second-order valence-corrected chi connectivity index (χ2v) is 6.11. The average molecular weight is 368 g/mol. The lowest BCUT2D eigenvalue weighted by molar-refractivity contribution is -0.129. The fourth-order valence-electron chi connectivity index (χ4n) is 2.87. The molecule has 0 bridgehead atoms. The Bertz CT molecular complexity index is 990. The third-order valence-electron chi connectivity index (χ3n) is 4.40. The van der Waals surface area contributed by atoms with Gasteiger partial charge in [0.2, 0.25) is 0 Å². The van der Waals surface area contributed by atoms with Gasteiger partial charge in [0.25, 0.3) is 5.91 Å². The van der Waals surface area contributed by atoms with Crippen LogP contribution in [0.5, 0.6) is 0 Å². The summed E-state index contributed by atoms with van der Waals surface area (Å²) in [6.45, 7) is 1.80. The monoisotopic (exact) mass is 368 g/mol. The van der Waals surface area contributed by atoms with Crippen molar-refractivity contribution in [1.82, 2.24) is 19.4 Å². The van der Waals surface area contributed by atoms with Gasteiger partial charge in [-0.25, -0.2) is 14.2 Å². The molecule has 2 heterocycles. The zero-order chi connectivity index (χ0) is 19.7. The standard InChI is InChI=1S/C18H17FN6O2/c1-11-21-6-7-25(11)15-5-4-12(8-14(15)19)10-22-16-13(9-20)17(26)24(3)18(27)23(16)2/h4-8,13H,10H2,1-3H3. The summed E-state index contributed by atoms with van der Waals surface area (Å²) in [5.41, 5.74) is 0.906. The highest BCUT2D eigenvalue weighted by Crippen LogP contribution is 2.19. The number of amidine groups is 1. The van der Waals surface area contributed by atoms with Crippen LogP contribution >= 0.6 is 0 Å². The van der Waals surface area contributed by atoms with Gasteiger partial charge in [0, 0.05) is 26.5 Å². The second kappa shape index (κ2) is 6.99. The number of hydrogen-bond donors (Lipinski definition) is 0. The highest BCUT2D eigenvalue weighted by Gasteiger charge is 2.40. The Kier molecular flexibility index (Phi) is 4.73. The number of aliphatic imine (C=N–C) groups is 1. The molecule has 1 aliphatic rings. The smallest absolute Gasteiger partial charge is 0.301 e. The lowest BCUT2D eigenvalue weighted by Crippen LogP contribution is -2.56. The van der Waals surface area contributed by atoms with Crippen molar-refractivity contribution in [1.29, 1.82) is 5.26 Å². The molecule has 0 N–H and O–H groups in total. The number of urea groups is 1. The number of aromatic nitrogens is 2. The summed E-state index contributed by atoms with van der Waals surface area (Å²) >= 11 is 0. The van der Waals surface area contributed by atoms with Crippen LogP contribution in [0, 0.1) is 30.0 Å². The highest BCUT2D eigenvalue weighted by atomic mass is 19.1. The summed E-state index contributed by atoms with van der Waals surface area (Å²) in [6, 6.07) is 5.93. The van der Waals surface area contributed by atoms with Crippen molar-refractivity contribution in [2.75, 3.05) is 14.1 Å². The predicted molar refractivity (Wildman–Crippen MR) is 94.4 cm³/mol. The number of benzene rings is 1. The summed E-state index contributed by atoms with van der Waals surface area (Å²) in [5.74, 6) is -1.54. The molecule has 0 radical (unpaired) electrons. The third-order valence-corrected chi connectivity index (χ3v) is 4.40. The predicted octanol–water partition coefficient (Wildman–Crippen LogP) is 1.88. The van der Waals surface area contributed by atoms with Gasteiger partial charge in [-0.1, -0.05) is 6.07 Å². The van der Waals surface area contributed by atoms with E-state index < -0.39 is 23.7 Å². The van der Waals surface area contributed by atoms with E-state index in [4.69, 9.17) is 0 Å². The molecule has 3 rings (SSSR count). The van der Waals surface area contributed by atoms with Gasteiger partial charge in [0.05, 0.1) is 18.3 Å². The molecule has 1 unspecified atom stereocenters. The minimum atomic E-state index is -1.17. The Morgan fingerprint density at radius 3 is 2.63 bits per heavy atom. The Morgan fingerprint density at radius 1 is 1.30 bits per heavy atom. The Morgan fingerprint density at radius 2 is 2.04 bits per heavy atom. The maximum Gasteiger partial charge on any atom is 0.331 e. The quantitative estimate of drug-likeness (QED) is 0.827. The number of amides is 3. The summed E-state index contributed by atoms with van der Waals surface area (Å²) in [6.07, 6.45) is 3.25. The Hall–Kier alpha value is -3.54. The number of imidazole rings is 1. The average Bonchev–Trinajstić information content (AvgIpc) is 3.07. The van der Waals surface area contributed by atoms with Crippen LogP contribution in [0.3, 0.4) is 0 Å². The Balaban J connectivity index is 1.88. The third kappa shape index (κ3) is 3.17. The van der Waals surface area contributed by atoms with E-state index in [9.17, 15) is 19.2 Å². The first-order chi connectivity index (χ1) is 12.8. The minimum absolute atomic E-state index is 0.0300. The second-order valence-electron chi connectivity index (χ2n) is 6.11. The van der Waals surface area contributed by atoms with Crippen molar-refractivity contribution in [3.05, 3.63) is 47.8 Å². The van der Waals surface area contributed by atoms with E-state index in [1.807, 2.05) is 6.07 Å². The molecule has 1 aliphatic heterocycles. The van der Waals surface area contributed by atoms with Crippen LogP contribution in [0.25, 0.3) is 5.69 Å². The SMILES string of the molecule is Cc1nccn1-c1ccc(CN=C2C(C#N)C(=O)N(C)C(=O)N2C)cc1F. The van der Waals surface area contributed by atoms with E-state index in [0.717, 1.165) is 9.80 Å². The van der Waals surface area contributed by atoms with Gasteiger partial charge in [0.15, 0.2) is 5.92 Å². The van der Waals surface area contributed by atoms with Crippen LogP contribution in [-0.2, 0) is 11.3 Å². The maximum atomic E-state index is 14.5. The Labute approximate surface area is 155 Å². The van der Waals surface area contributed by atoms with Crippen molar-refractivity contribution in [2.24, 2.45) is 10.9 Å². The number of carbonyl (C=O) groups is 2. The minimum Gasteiger partial charge on any atom is -0.301 e. The number of halogens is 1. The molecule has 1 atom stereocenters. The van der Waals surface area contributed by atoms with E-state index >= 15 is 0 Å². The zero-order valence-corrected chi connectivity index (χ0v) is 15.0. The molecular weight excluding hydrogens is 351 g/mol. The summed E-state index contributed by atoms with van der Waals surface area (Å²) in [7, 11) is 2.76. The van der Waals surface area contributed by atoms with Crippen LogP contribution in [0.15, 0.2) is 35.6 Å². The first kappa shape index (κ1) is 18.3. The van der Waals surface area contributed by atoms with Crippen molar-refractivity contribution in [3.63, 3.8) is 0 Å². The molecule has 138 valence electrons. The summed E-state index contributed by atoms with van der Waals surface area (Å²) in [5, 5.41) is 9.28. The molecule has 2 aromatic rings. The van der Waals surface area contributed by atoms with Crippen molar-refractivity contribution >= 4 is 17.8 Å². The normalized spacial score (nSPS) is 18.9. The van der Waals surface area contributed by atoms with Gasteiger partial charge in [-0.05, 0) is 24.6 Å². The van der Waals surface area contributed by atoms with E-state index in [2.05, 4.69) is 9.98 Å². The van der Waals surface area contributed by atoms with Gasteiger partial charge in [-0.3, -0.25) is 19.6 Å². The fourth-order valence-corrected chi connectivity index (χ4v) is 2.87. The zero-order valence-electron chi connectivity index (χ0n) is 15.0. The van der Waals surface area contributed by atoms with Crippen LogP contribution in [-0.4, -0.2) is 51.2 Å². The lowest BCUT2D eigenvalue weighted by atomic mass is 10.1. The number of nitriles is 1. The number of carbonyl (C=O) groups excluding carboxylic acids is 2. The number of aryl methyl sites for hydroxylation is 1. The number of nitrogens with zero attached hydrogens (tertiary/aromatic N) is 6. The topological polar surface area (TPSA) is 94.6 Å². The van der Waals surface area contributed by atoms with Crippen molar-refractivity contribution in [2.45, 2.75) is 13.5 Å². The molecule has 1 aromatic heterocycles. The van der Waals surface area contributed by atoms with E-state index in [1.54, 1.807) is 36.0 Å². The van der Waals surface area contributed by atoms with E-state index in [1.165, 1.54) is 20.2 Å². The molecule has 1 fully saturated rings. The van der Waals surface area contributed by atoms with E-state index in [0.29, 0.717) is 17.1 Å². The molecule has 0 saturated carbocycles. The molecule has 8 nitrogen and oxygen atoms in total. The summed E-state index contributed by atoms with van der Waals surface area (Å²) in [4.78, 5) is 34.5.